The van der Waals surface area contributed by atoms with Crippen LogP contribution in [0.4, 0.5) is 0 Å². The second-order valence-corrected chi connectivity index (χ2v) is 11.6. The smallest absolute Gasteiger partial charge is 0.0718 e. The van der Waals surface area contributed by atoms with Crippen LogP contribution in [0.25, 0.3) is 66.7 Å². The van der Waals surface area contributed by atoms with E-state index in [1.807, 2.05) is 85.2 Å². The summed E-state index contributed by atoms with van der Waals surface area (Å²) >= 11 is 0. The van der Waals surface area contributed by atoms with Crippen molar-refractivity contribution in [2.75, 3.05) is 0 Å². The molecule has 0 fully saturated rings. The van der Waals surface area contributed by atoms with Gasteiger partial charge < -0.3 is 9.97 Å². The summed E-state index contributed by atoms with van der Waals surface area (Å²) < 4.78 is 0. The van der Waals surface area contributed by atoms with Crippen molar-refractivity contribution in [2.45, 2.75) is 20.8 Å². The molecule has 48 heavy (non-hydrogen) atoms. The summed E-state index contributed by atoms with van der Waals surface area (Å²) in [4.78, 5) is 18.6. The summed E-state index contributed by atoms with van der Waals surface area (Å²) in [6, 6.07) is 47.6. The van der Waals surface area contributed by atoms with Crippen LogP contribution in [0.1, 0.15) is 16.7 Å². The first-order valence-electron chi connectivity index (χ1n) is 15.6. The molecule has 4 aromatic carbocycles. The first-order valence-corrected chi connectivity index (χ1v) is 15.6. The molecule has 0 unspecified atom stereocenters. The maximum absolute atomic E-state index is 5.19. The van der Waals surface area contributed by atoms with Gasteiger partial charge in [0.2, 0.25) is 0 Å². The van der Waals surface area contributed by atoms with Gasteiger partial charge in [0.1, 0.15) is 0 Å². The third kappa shape index (κ3) is 6.98. The van der Waals surface area contributed by atoms with Crippen LogP contribution >= 0.6 is 0 Å². The van der Waals surface area contributed by atoms with Gasteiger partial charge in [-0.05, 0) is 78.0 Å². The van der Waals surface area contributed by atoms with Crippen molar-refractivity contribution >= 4 is 21.7 Å². The Kier molecular flexibility index (Phi) is 9.91. The van der Waals surface area contributed by atoms with Gasteiger partial charge in [-0.2, -0.15) is 0 Å². The van der Waals surface area contributed by atoms with Gasteiger partial charge in [-0.15, -0.1) is 65.2 Å². The number of benzene rings is 4. The van der Waals surface area contributed by atoms with Gasteiger partial charge in [-0.3, -0.25) is 4.98 Å². The molecule has 235 valence electrons. The van der Waals surface area contributed by atoms with Gasteiger partial charge in [0.25, 0.3) is 0 Å². The van der Waals surface area contributed by atoms with Crippen LogP contribution in [-0.2, 0) is 20.1 Å². The summed E-state index contributed by atoms with van der Waals surface area (Å²) in [5.74, 6) is 0. The molecule has 0 bridgehead atoms. The maximum Gasteiger partial charge on any atom is 0.0718 e. The zero-order chi connectivity index (χ0) is 32.2. The molecule has 4 nitrogen and oxygen atoms in total. The molecule has 8 aromatic rings. The number of aromatic nitrogens is 4. The summed E-state index contributed by atoms with van der Waals surface area (Å²) in [7, 11) is 0. The summed E-state index contributed by atoms with van der Waals surface area (Å²) in [5.41, 5.74) is 12.5. The van der Waals surface area contributed by atoms with E-state index in [4.69, 9.17) is 4.98 Å². The molecule has 4 heterocycles. The monoisotopic (exact) mass is 797 g/mol. The van der Waals surface area contributed by atoms with Crippen molar-refractivity contribution in [3.8, 4) is 45.0 Å². The van der Waals surface area contributed by atoms with Crippen LogP contribution in [-0.4, -0.2) is 19.9 Å². The average Bonchev–Trinajstić information content (AvgIpc) is 3.12. The molecule has 0 aliphatic rings. The zero-order valence-corrected chi connectivity index (χ0v) is 29.3. The minimum atomic E-state index is 0. The molecule has 8 rings (SSSR count). The van der Waals surface area contributed by atoms with E-state index >= 15 is 0 Å². The standard InChI is InChI=1S/C32H24N3.C11H8N.Ir/c1-20-9-12-24-25-7-6-14-34-30(25)19-28(27(24)15-20)32-17-21(2)16-31(35-32)26-18-23(11-10-22(26)3)29-8-4-5-13-33-29;1-2-6-10(7-3-1)11-8-4-5-9-12-11;/h4-10,12-19H,1-3H3;1-6,8-9H;/q2*-1;. The van der Waals surface area contributed by atoms with Crippen LogP contribution in [0.2, 0.25) is 0 Å². The maximum atomic E-state index is 5.19. The summed E-state index contributed by atoms with van der Waals surface area (Å²) in [6.45, 7) is 6.37. The van der Waals surface area contributed by atoms with Crippen molar-refractivity contribution in [2.24, 2.45) is 0 Å². The van der Waals surface area contributed by atoms with Gasteiger partial charge in [-0.25, -0.2) is 4.98 Å². The fourth-order valence-corrected chi connectivity index (χ4v) is 5.83. The molecule has 0 amide bonds. The first-order chi connectivity index (χ1) is 23.0. The predicted octanol–water partition coefficient (Wildman–Crippen LogP) is 10.5. The van der Waals surface area contributed by atoms with Crippen molar-refractivity contribution in [1.82, 2.24) is 19.9 Å². The van der Waals surface area contributed by atoms with Crippen LogP contribution in [0.3, 0.4) is 0 Å². The number of pyridine rings is 4. The Hall–Kier alpha value is -5.35. The molecule has 0 aliphatic heterocycles. The van der Waals surface area contributed by atoms with Gasteiger partial charge in [-0.1, -0.05) is 66.6 Å². The van der Waals surface area contributed by atoms with Crippen LogP contribution in [0.5, 0.6) is 0 Å². The molecule has 0 spiro atoms. The third-order valence-corrected chi connectivity index (χ3v) is 8.15. The molecule has 1 radical (unpaired) electrons. The number of rotatable bonds is 4. The zero-order valence-electron chi connectivity index (χ0n) is 26.9. The third-order valence-electron chi connectivity index (χ3n) is 8.15. The SMILES string of the molecule is Cc1cc(-c2cc(-c3ccccn3)[c-]cc2C)nc(-c2cc3ncccc3c3ccc(C)cc23)c1.[Ir].[c-]1ccccc1-c1ccccn1. The Labute approximate surface area is 295 Å². The average molecular weight is 797 g/mol. The predicted molar refractivity (Wildman–Crippen MR) is 193 cm³/mol. The number of hydrogen-bond acceptors (Lipinski definition) is 4. The number of nitrogens with zero attached hydrogens (tertiary/aromatic N) is 4. The molecule has 0 atom stereocenters. The van der Waals surface area contributed by atoms with Gasteiger partial charge in [0.15, 0.2) is 0 Å². The number of hydrogen-bond donors (Lipinski definition) is 0. The van der Waals surface area contributed by atoms with E-state index in [2.05, 4.69) is 96.4 Å². The fourth-order valence-electron chi connectivity index (χ4n) is 5.83. The summed E-state index contributed by atoms with van der Waals surface area (Å²) in [6.07, 6.45) is 5.45. The van der Waals surface area contributed by atoms with E-state index in [0.29, 0.717) is 0 Å². The van der Waals surface area contributed by atoms with E-state index in [9.17, 15) is 0 Å². The normalized spacial score (nSPS) is 10.6. The Morgan fingerprint density at radius 3 is 1.90 bits per heavy atom. The Morgan fingerprint density at radius 2 is 1.19 bits per heavy atom. The quantitative estimate of drug-likeness (QED) is 0.132. The molecule has 0 aliphatic carbocycles. The van der Waals surface area contributed by atoms with Crippen molar-refractivity contribution in [3.63, 3.8) is 0 Å². The largest absolute Gasteiger partial charge is 0.305 e. The van der Waals surface area contributed by atoms with Gasteiger partial charge >= 0.3 is 0 Å². The molecular weight excluding hydrogens is 765 g/mol. The molecular formula is C43H32IrN4-2. The van der Waals surface area contributed by atoms with Crippen LogP contribution < -0.4 is 0 Å². The first kappa shape index (κ1) is 32.6. The van der Waals surface area contributed by atoms with Gasteiger partial charge in [0, 0.05) is 49.6 Å². The van der Waals surface area contributed by atoms with Crippen molar-refractivity contribution in [1.29, 1.82) is 0 Å². The molecule has 4 aromatic heterocycles. The Balaban J connectivity index is 0.000000260. The van der Waals surface area contributed by atoms with E-state index < -0.39 is 0 Å². The topological polar surface area (TPSA) is 51.6 Å². The van der Waals surface area contributed by atoms with Crippen LogP contribution in [0.15, 0.2) is 140 Å². The molecule has 5 heteroatoms. The molecule has 0 saturated heterocycles. The Morgan fingerprint density at radius 1 is 0.479 bits per heavy atom. The second-order valence-electron chi connectivity index (χ2n) is 11.6. The minimum absolute atomic E-state index is 0. The summed E-state index contributed by atoms with van der Waals surface area (Å²) in [5, 5.41) is 3.55. The fraction of sp³-hybridized carbons (Fsp3) is 0.0698. The van der Waals surface area contributed by atoms with E-state index in [-0.39, 0.29) is 20.1 Å². The van der Waals surface area contributed by atoms with Gasteiger partial charge in [0.05, 0.1) is 16.9 Å². The number of aryl methyl sites for hydroxylation is 3. The second kappa shape index (κ2) is 14.6. The van der Waals surface area contributed by atoms with E-state index in [1.165, 1.54) is 21.9 Å². The molecule has 0 saturated carbocycles. The van der Waals surface area contributed by atoms with Crippen molar-refractivity contribution in [3.05, 3.63) is 169 Å². The van der Waals surface area contributed by atoms with Crippen molar-refractivity contribution < 1.29 is 20.1 Å². The van der Waals surface area contributed by atoms with E-state index in [1.54, 1.807) is 6.20 Å². The van der Waals surface area contributed by atoms with Crippen LogP contribution in [0, 0.1) is 32.9 Å². The Bertz CT molecular complexity index is 2290. The molecule has 0 N–H and O–H groups in total. The minimum Gasteiger partial charge on any atom is -0.305 e. The van der Waals surface area contributed by atoms with E-state index in [0.717, 1.165) is 61.5 Å². The number of fused-ring (bicyclic) bond motifs is 3.